The van der Waals surface area contributed by atoms with Gasteiger partial charge in [0.15, 0.2) is 0 Å². The molecule has 2 rings (SSSR count). The Hall–Kier alpha value is -2.02. The largest absolute Gasteiger partial charge is 0.364 e. The number of carbonyl (C=O) groups excluding carboxylic acids is 1. The molecule has 1 N–H and O–H groups in total. The SMILES string of the molecule is CN(CC(=O)NC1CCCCC1)c1ccccc1C#N. The van der Waals surface area contributed by atoms with E-state index in [-0.39, 0.29) is 12.5 Å². The van der Waals surface area contributed by atoms with E-state index in [1.807, 2.05) is 30.1 Å². The van der Waals surface area contributed by atoms with Crippen molar-refractivity contribution in [2.75, 3.05) is 18.5 Å². The van der Waals surface area contributed by atoms with E-state index < -0.39 is 0 Å². The minimum absolute atomic E-state index is 0.0344. The zero-order valence-corrected chi connectivity index (χ0v) is 11.9. The van der Waals surface area contributed by atoms with Crippen molar-refractivity contribution in [2.45, 2.75) is 38.1 Å². The smallest absolute Gasteiger partial charge is 0.239 e. The Kier molecular flexibility index (Phi) is 5.00. The highest BCUT2D eigenvalue weighted by Crippen LogP contribution is 2.19. The second-order valence-electron chi connectivity index (χ2n) is 5.39. The number of nitrogens with zero attached hydrogens (tertiary/aromatic N) is 2. The first-order valence-corrected chi connectivity index (χ1v) is 7.20. The van der Waals surface area contributed by atoms with Gasteiger partial charge in [0.05, 0.1) is 17.8 Å². The van der Waals surface area contributed by atoms with E-state index in [0.29, 0.717) is 11.6 Å². The van der Waals surface area contributed by atoms with Gasteiger partial charge in [0, 0.05) is 13.1 Å². The number of para-hydroxylation sites is 1. The Bertz CT molecular complexity index is 501. The maximum atomic E-state index is 12.1. The lowest BCUT2D eigenvalue weighted by atomic mass is 9.95. The van der Waals surface area contributed by atoms with Crippen molar-refractivity contribution < 1.29 is 4.79 Å². The molecule has 1 fully saturated rings. The van der Waals surface area contributed by atoms with Crippen LogP contribution in [-0.2, 0) is 4.79 Å². The Balaban J connectivity index is 1.91. The number of benzene rings is 1. The van der Waals surface area contributed by atoms with Crippen LogP contribution in [0.5, 0.6) is 0 Å². The second kappa shape index (κ2) is 6.95. The Labute approximate surface area is 120 Å². The minimum Gasteiger partial charge on any atom is -0.364 e. The summed E-state index contributed by atoms with van der Waals surface area (Å²) < 4.78 is 0. The van der Waals surface area contributed by atoms with E-state index in [0.717, 1.165) is 18.5 Å². The number of carbonyl (C=O) groups is 1. The highest BCUT2D eigenvalue weighted by atomic mass is 16.2. The lowest BCUT2D eigenvalue weighted by Gasteiger charge is -2.25. The van der Waals surface area contributed by atoms with E-state index in [1.165, 1.54) is 19.3 Å². The van der Waals surface area contributed by atoms with Gasteiger partial charge in [-0.1, -0.05) is 31.4 Å². The molecule has 106 valence electrons. The zero-order chi connectivity index (χ0) is 14.4. The number of hydrogen-bond acceptors (Lipinski definition) is 3. The number of amides is 1. The van der Waals surface area contributed by atoms with Crippen molar-refractivity contribution in [3.8, 4) is 6.07 Å². The fraction of sp³-hybridized carbons (Fsp3) is 0.500. The van der Waals surface area contributed by atoms with Gasteiger partial charge in [-0.2, -0.15) is 5.26 Å². The van der Waals surface area contributed by atoms with Gasteiger partial charge in [0.2, 0.25) is 5.91 Å². The monoisotopic (exact) mass is 271 g/mol. The predicted octanol–water partition coefficient (Wildman–Crippen LogP) is 2.44. The third kappa shape index (κ3) is 3.74. The summed E-state index contributed by atoms with van der Waals surface area (Å²) in [5, 5.41) is 12.2. The average molecular weight is 271 g/mol. The summed E-state index contributed by atoms with van der Waals surface area (Å²) >= 11 is 0. The quantitative estimate of drug-likeness (QED) is 0.915. The summed E-state index contributed by atoms with van der Waals surface area (Å²) in [5.74, 6) is 0.0344. The normalized spacial score (nSPS) is 15.4. The topological polar surface area (TPSA) is 56.1 Å². The fourth-order valence-corrected chi connectivity index (χ4v) is 2.72. The first-order valence-electron chi connectivity index (χ1n) is 7.20. The summed E-state index contributed by atoms with van der Waals surface area (Å²) in [6, 6.07) is 9.84. The maximum absolute atomic E-state index is 12.1. The Morgan fingerprint density at radius 2 is 2.05 bits per heavy atom. The summed E-state index contributed by atoms with van der Waals surface area (Å²) in [7, 11) is 1.84. The molecule has 1 amide bonds. The zero-order valence-electron chi connectivity index (χ0n) is 11.9. The van der Waals surface area contributed by atoms with E-state index in [4.69, 9.17) is 5.26 Å². The van der Waals surface area contributed by atoms with Crippen LogP contribution in [-0.4, -0.2) is 25.5 Å². The number of nitriles is 1. The molecule has 4 nitrogen and oxygen atoms in total. The van der Waals surface area contributed by atoms with Gasteiger partial charge in [-0.3, -0.25) is 4.79 Å². The van der Waals surface area contributed by atoms with Crippen molar-refractivity contribution in [1.82, 2.24) is 5.32 Å². The van der Waals surface area contributed by atoms with Crippen molar-refractivity contribution in [3.05, 3.63) is 29.8 Å². The molecule has 1 aliphatic carbocycles. The molecule has 0 aliphatic heterocycles. The van der Waals surface area contributed by atoms with Crippen LogP contribution in [0.15, 0.2) is 24.3 Å². The standard InChI is InChI=1S/C16H21N3O/c1-19(15-10-6-5-7-13(15)11-17)12-16(20)18-14-8-3-2-4-9-14/h5-7,10,14H,2-4,8-9,12H2,1H3,(H,18,20). The molecule has 0 saturated heterocycles. The van der Waals surface area contributed by atoms with Gasteiger partial charge in [0.1, 0.15) is 6.07 Å². The van der Waals surface area contributed by atoms with Crippen LogP contribution in [0, 0.1) is 11.3 Å². The number of nitrogens with one attached hydrogen (secondary N) is 1. The van der Waals surface area contributed by atoms with Gasteiger partial charge in [-0.05, 0) is 25.0 Å². The van der Waals surface area contributed by atoms with Crippen LogP contribution < -0.4 is 10.2 Å². The third-order valence-corrected chi connectivity index (χ3v) is 3.79. The molecule has 0 atom stereocenters. The molecule has 1 saturated carbocycles. The lowest BCUT2D eigenvalue weighted by molar-refractivity contribution is -0.120. The maximum Gasteiger partial charge on any atom is 0.239 e. The van der Waals surface area contributed by atoms with Gasteiger partial charge in [-0.15, -0.1) is 0 Å². The van der Waals surface area contributed by atoms with Crippen LogP contribution in [0.25, 0.3) is 0 Å². The summed E-state index contributed by atoms with van der Waals surface area (Å²) in [6.45, 7) is 0.287. The van der Waals surface area contributed by atoms with Crippen LogP contribution in [0.1, 0.15) is 37.7 Å². The van der Waals surface area contributed by atoms with Gasteiger partial charge in [0.25, 0.3) is 0 Å². The minimum atomic E-state index is 0.0344. The molecule has 0 radical (unpaired) electrons. The van der Waals surface area contributed by atoms with Gasteiger partial charge in [-0.25, -0.2) is 0 Å². The molecule has 0 aromatic heterocycles. The first kappa shape index (κ1) is 14.4. The molecule has 1 aliphatic rings. The molecule has 1 aromatic carbocycles. The van der Waals surface area contributed by atoms with Crippen LogP contribution in [0.2, 0.25) is 0 Å². The summed E-state index contributed by atoms with van der Waals surface area (Å²) in [4.78, 5) is 13.9. The van der Waals surface area contributed by atoms with Gasteiger partial charge < -0.3 is 10.2 Å². The Morgan fingerprint density at radius 1 is 1.35 bits per heavy atom. The van der Waals surface area contributed by atoms with Gasteiger partial charge >= 0.3 is 0 Å². The second-order valence-corrected chi connectivity index (χ2v) is 5.39. The van der Waals surface area contributed by atoms with Crippen molar-refractivity contribution in [2.24, 2.45) is 0 Å². The van der Waals surface area contributed by atoms with Crippen molar-refractivity contribution in [1.29, 1.82) is 5.26 Å². The average Bonchev–Trinajstić information content (AvgIpc) is 2.48. The lowest BCUT2D eigenvalue weighted by Crippen LogP contribution is -2.42. The number of hydrogen-bond donors (Lipinski definition) is 1. The highest BCUT2D eigenvalue weighted by molar-refractivity contribution is 5.82. The Morgan fingerprint density at radius 3 is 2.75 bits per heavy atom. The number of likely N-dealkylation sites (N-methyl/N-ethyl adjacent to an activating group) is 1. The third-order valence-electron chi connectivity index (χ3n) is 3.79. The molecule has 4 heteroatoms. The van der Waals surface area contributed by atoms with Crippen molar-refractivity contribution in [3.63, 3.8) is 0 Å². The van der Waals surface area contributed by atoms with Crippen LogP contribution in [0.3, 0.4) is 0 Å². The van der Waals surface area contributed by atoms with E-state index in [9.17, 15) is 4.79 Å². The summed E-state index contributed by atoms with van der Waals surface area (Å²) in [5.41, 5.74) is 1.40. The molecule has 20 heavy (non-hydrogen) atoms. The molecule has 0 heterocycles. The molecular weight excluding hydrogens is 250 g/mol. The summed E-state index contributed by atoms with van der Waals surface area (Å²) in [6.07, 6.45) is 5.87. The molecule has 1 aromatic rings. The van der Waals surface area contributed by atoms with E-state index in [1.54, 1.807) is 6.07 Å². The number of rotatable bonds is 4. The molecular formula is C16H21N3O. The highest BCUT2D eigenvalue weighted by Gasteiger charge is 2.17. The van der Waals surface area contributed by atoms with Crippen molar-refractivity contribution >= 4 is 11.6 Å². The fourth-order valence-electron chi connectivity index (χ4n) is 2.72. The first-order chi connectivity index (χ1) is 9.70. The van der Waals surface area contributed by atoms with Crippen LogP contribution >= 0.6 is 0 Å². The van der Waals surface area contributed by atoms with E-state index in [2.05, 4.69) is 11.4 Å². The molecule has 0 spiro atoms. The predicted molar refractivity (Wildman–Crippen MR) is 79.4 cm³/mol. The molecule has 0 bridgehead atoms. The van der Waals surface area contributed by atoms with Crippen LogP contribution in [0.4, 0.5) is 5.69 Å². The number of anilines is 1. The molecule has 0 unspecified atom stereocenters. The van der Waals surface area contributed by atoms with E-state index >= 15 is 0 Å².